The van der Waals surface area contributed by atoms with E-state index in [1.54, 1.807) is 0 Å². The third kappa shape index (κ3) is 1.55. The number of rotatable bonds is 0. The summed E-state index contributed by atoms with van der Waals surface area (Å²) >= 11 is 9.48. The number of H-pyrrole nitrogens is 1. The highest BCUT2D eigenvalue weighted by Gasteiger charge is 2.45. The molecule has 1 saturated heterocycles. The summed E-state index contributed by atoms with van der Waals surface area (Å²) in [5, 5.41) is 1.18. The molecular formula is C14H12N2O2S2. The van der Waals surface area contributed by atoms with Crippen molar-refractivity contribution in [3.63, 3.8) is 0 Å². The minimum Gasteiger partial charge on any atom is -0.462 e. The number of morpholine rings is 1. The largest absolute Gasteiger partial charge is 0.462 e. The number of benzene rings is 1. The van der Waals surface area contributed by atoms with Gasteiger partial charge in [-0.15, -0.1) is 12.6 Å². The molecule has 2 unspecified atom stereocenters. The monoisotopic (exact) mass is 304 g/mol. The number of carbonyl (C=O) groups is 1. The molecule has 0 spiro atoms. The Morgan fingerprint density at radius 3 is 3.00 bits per heavy atom. The van der Waals surface area contributed by atoms with Gasteiger partial charge in [0.25, 0.3) is 0 Å². The number of cyclic esters (lactones) is 1. The second kappa shape index (κ2) is 4.23. The molecule has 3 heterocycles. The minimum absolute atomic E-state index is 0.0566. The third-order valence-corrected chi connectivity index (χ3v) is 4.57. The second-order valence-electron chi connectivity index (χ2n) is 5.12. The molecule has 2 bridgehead atoms. The fourth-order valence-corrected chi connectivity index (χ4v) is 3.79. The van der Waals surface area contributed by atoms with Gasteiger partial charge in [0.15, 0.2) is 0 Å². The number of aromatic amines is 1. The summed E-state index contributed by atoms with van der Waals surface area (Å²) in [4.78, 5) is 17.4. The first-order valence-electron chi connectivity index (χ1n) is 6.44. The lowest BCUT2D eigenvalue weighted by molar-refractivity contribution is -0.159. The molecule has 4 rings (SSSR count). The van der Waals surface area contributed by atoms with Gasteiger partial charge in [-0.25, -0.2) is 4.79 Å². The highest BCUT2D eigenvalue weighted by molar-refractivity contribution is 8.10. The lowest BCUT2D eigenvalue weighted by atomic mass is 9.91. The van der Waals surface area contributed by atoms with E-state index in [0.29, 0.717) is 17.3 Å². The highest BCUT2D eigenvalue weighted by Crippen LogP contribution is 2.40. The van der Waals surface area contributed by atoms with Crippen LogP contribution in [0.15, 0.2) is 24.3 Å². The molecule has 2 atom stereocenters. The number of aromatic nitrogens is 1. The topological polar surface area (TPSA) is 45.3 Å². The second-order valence-corrected chi connectivity index (χ2v) is 6.23. The molecule has 0 amide bonds. The Labute approximate surface area is 126 Å². The standard InChI is InChI=1S/C14H12N2O2S2/c17-13-10-5-8-7-3-1-2-4-9(7)15-12(8)11(6-18-13)16(10)14(19)20/h1-4,10-11,15H,5-6H2,(H,19,20). The van der Waals surface area contributed by atoms with E-state index >= 15 is 0 Å². The molecule has 1 N–H and O–H groups in total. The van der Waals surface area contributed by atoms with E-state index in [9.17, 15) is 4.79 Å². The third-order valence-electron chi connectivity index (χ3n) is 4.13. The number of carbonyl (C=O) groups excluding carboxylic acids is 1. The van der Waals surface area contributed by atoms with Gasteiger partial charge in [-0.3, -0.25) is 0 Å². The molecule has 20 heavy (non-hydrogen) atoms. The Morgan fingerprint density at radius 2 is 2.20 bits per heavy atom. The normalized spacial score (nSPS) is 24.4. The van der Waals surface area contributed by atoms with Crippen molar-refractivity contribution in [2.45, 2.75) is 18.5 Å². The summed E-state index contributed by atoms with van der Waals surface area (Å²) < 4.78 is 5.73. The van der Waals surface area contributed by atoms with Crippen LogP contribution in [0.25, 0.3) is 10.9 Å². The number of thiocarbonyl (C=S) groups is 1. The van der Waals surface area contributed by atoms with Crippen LogP contribution in [-0.2, 0) is 16.0 Å². The zero-order valence-electron chi connectivity index (χ0n) is 10.5. The predicted octanol–water partition coefficient (Wildman–Crippen LogP) is 2.21. The Hall–Kier alpha value is -1.53. The van der Waals surface area contributed by atoms with Crippen LogP contribution in [0, 0.1) is 0 Å². The molecule has 1 aromatic heterocycles. The van der Waals surface area contributed by atoms with Gasteiger partial charge in [-0.1, -0.05) is 30.4 Å². The van der Waals surface area contributed by atoms with E-state index in [4.69, 9.17) is 17.0 Å². The lowest BCUT2D eigenvalue weighted by Gasteiger charge is -2.44. The number of para-hydroxylation sites is 1. The van der Waals surface area contributed by atoms with Crippen molar-refractivity contribution in [2.75, 3.05) is 6.61 Å². The van der Waals surface area contributed by atoms with E-state index in [2.05, 4.69) is 23.7 Å². The van der Waals surface area contributed by atoms with Crippen molar-refractivity contribution in [2.24, 2.45) is 0 Å². The lowest BCUT2D eigenvalue weighted by Crippen LogP contribution is -2.55. The number of fused-ring (bicyclic) bond motifs is 6. The van der Waals surface area contributed by atoms with E-state index in [1.807, 2.05) is 23.1 Å². The average molecular weight is 304 g/mol. The van der Waals surface area contributed by atoms with Gasteiger partial charge >= 0.3 is 5.97 Å². The number of nitrogens with one attached hydrogen (secondary N) is 1. The van der Waals surface area contributed by atoms with Crippen LogP contribution in [0.3, 0.4) is 0 Å². The van der Waals surface area contributed by atoms with E-state index in [1.165, 1.54) is 10.9 Å². The van der Waals surface area contributed by atoms with Gasteiger partial charge in [0.2, 0.25) is 0 Å². The van der Waals surface area contributed by atoms with Gasteiger partial charge in [0.1, 0.15) is 23.0 Å². The van der Waals surface area contributed by atoms with Crippen LogP contribution >= 0.6 is 24.8 Å². The summed E-state index contributed by atoms with van der Waals surface area (Å²) in [5.74, 6) is -0.214. The summed E-state index contributed by atoms with van der Waals surface area (Å²) in [6.45, 7) is 0.315. The number of hydrogen-bond acceptors (Lipinski definition) is 3. The van der Waals surface area contributed by atoms with Gasteiger partial charge in [0, 0.05) is 23.0 Å². The summed E-state index contributed by atoms with van der Waals surface area (Å²) in [6.07, 6.45) is 0.607. The molecule has 4 nitrogen and oxygen atoms in total. The van der Waals surface area contributed by atoms with Crippen molar-refractivity contribution in [3.8, 4) is 0 Å². The molecule has 2 aromatic rings. The quantitative estimate of drug-likeness (QED) is 0.445. The van der Waals surface area contributed by atoms with E-state index in [-0.39, 0.29) is 18.1 Å². The van der Waals surface area contributed by atoms with Crippen LogP contribution in [0.4, 0.5) is 0 Å². The number of esters is 1. The Kier molecular flexibility index (Phi) is 2.59. The molecule has 0 radical (unpaired) electrons. The van der Waals surface area contributed by atoms with Crippen molar-refractivity contribution >= 4 is 46.0 Å². The predicted molar refractivity (Wildman–Crippen MR) is 82.9 cm³/mol. The average Bonchev–Trinajstić information content (AvgIpc) is 2.80. The van der Waals surface area contributed by atoms with E-state index < -0.39 is 0 Å². The Balaban J connectivity index is 1.95. The van der Waals surface area contributed by atoms with Crippen molar-refractivity contribution in [1.29, 1.82) is 0 Å². The summed E-state index contributed by atoms with van der Waals surface area (Å²) in [6, 6.07) is 7.73. The van der Waals surface area contributed by atoms with E-state index in [0.717, 1.165) is 11.2 Å². The molecule has 1 fully saturated rings. The van der Waals surface area contributed by atoms with Crippen LogP contribution in [0.5, 0.6) is 0 Å². The summed E-state index contributed by atoms with van der Waals surface area (Å²) in [7, 11) is 0. The maximum atomic E-state index is 12.0. The van der Waals surface area contributed by atoms with Crippen molar-refractivity contribution in [1.82, 2.24) is 9.88 Å². The summed E-state index contributed by atoms with van der Waals surface area (Å²) in [5.41, 5.74) is 3.38. The fraction of sp³-hybridized carbons (Fsp3) is 0.286. The van der Waals surface area contributed by atoms with Crippen LogP contribution in [0.1, 0.15) is 17.3 Å². The number of thiol groups is 1. The fourth-order valence-electron chi connectivity index (χ4n) is 3.26. The number of nitrogens with zero attached hydrogens (tertiary/aromatic N) is 1. The maximum absolute atomic E-state index is 12.0. The first-order chi connectivity index (χ1) is 9.66. The molecule has 0 saturated carbocycles. The molecular weight excluding hydrogens is 292 g/mol. The molecule has 0 aliphatic carbocycles. The zero-order chi connectivity index (χ0) is 13.9. The SMILES string of the molecule is O=C1OCC2c3[nH]c4ccccc4c3CC1N2C(=S)S. The van der Waals surface area contributed by atoms with Crippen molar-refractivity contribution < 1.29 is 9.53 Å². The molecule has 2 aliphatic rings. The number of ether oxygens (including phenoxy) is 1. The Bertz CT molecular complexity index is 740. The first kappa shape index (κ1) is 12.2. The van der Waals surface area contributed by atoms with Gasteiger partial charge < -0.3 is 14.6 Å². The molecule has 6 heteroatoms. The minimum atomic E-state index is -0.356. The molecule has 2 aliphatic heterocycles. The highest BCUT2D eigenvalue weighted by atomic mass is 32.1. The Morgan fingerprint density at radius 1 is 1.40 bits per heavy atom. The van der Waals surface area contributed by atoms with Crippen molar-refractivity contribution in [3.05, 3.63) is 35.5 Å². The van der Waals surface area contributed by atoms with Gasteiger partial charge in [-0.2, -0.15) is 0 Å². The first-order valence-corrected chi connectivity index (χ1v) is 7.29. The van der Waals surface area contributed by atoms with Crippen LogP contribution in [0.2, 0.25) is 0 Å². The zero-order valence-corrected chi connectivity index (χ0v) is 12.2. The maximum Gasteiger partial charge on any atom is 0.329 e. The molecule has 102 valence electrons. The van der Waals surface area contributed by atoms with Crippen LogP contribution in [-0.4, -0.2) is 32.8 Å². The smallest absolute Gasteiger partial charge is 0.329 e. The molecule has 1 aromatic carbocycles. The van der Waals surface area contributed by atoms with Crippen LogP contribution < -0.4 is 0 Å². The van der Waals surface area contributed by atoms with Gasteiger partial charge in [-0.05, 0) is 11.6 Å². The van der Waals surface area contributed by atoms with Gasteiger partial charge in [0.05, 0.1) is 0 Å². The number of hydrogen-bond donors (Lipinski definition) is 2.